The highest BCUT2D eigenvalue weighted by Gasteiger charge is 2.33. The zero-order valence-electron chi connectivity index (χ0n) is 11.1. The molecule has 102 valence electrons. The second-order valence-electron chi connectivity index (χ2n) is 6.39. The molecule has 1 fully saturated rings. The first kappa shape index (κ1) is 12.6. The van der Waals surface area contributed by atoms with Crippen molar-refractivity contribution in [2.75, 3.05) is 19.6 Å². The lowest BCUT2D eigenvalue weighted by Crippen LogP contribution is -2.33. The van der Waals surface area contributed by atoms with E-state index in [0.29, 0.717) is 12.8 Å². The van der Waals surface area contributed by atoms with Crippen LogP contribution >= 0.6 is 0 Å². The zero-order chi connectivity index (χ0) is 12.5. The van der Waals surface area contributed by atoms with Gasteiger partial charge in [0.1, 0.15) is 0 Å². The van der Waals surface area contributed by atoms with Crippen LogP contribution in [0.1, 0.15) is 44.9 Å². The summed E-state index contributed by atoms with van der Waals surface area (Å²) in [5.41, 5.74) is 2.91. The van der Waals surface area contributed by atoms with Crippen molar-refractivity contribution in [3.05, 3.63) is 11.1 Å². The van der Waals surface area contributed by atoms with Gasteiger partial charge < -0.3 is 15.1 Å². The van der Waals surface area contributed by atoms with E-state index in [1.807, 2.05) is 0 Å². The second-order valence-corrected chi connectivity index (χ2v) is 6.39. The maximum atomic E-state index is 9.74. The van der Waals surface area contributed by atoms with Gasteiger partial charge in [-0.25, -0.2) is 0 Å². The molecule has 1 heterocycles. The van der Waals surface area contributed by atoms with Gasteiger partial charge in [0.2, 0.25) is 0 Å². The first-order valence-corrected chi connectivity index (χ1v) is 7.50. The van der Waals surface area contributed by atoms with Crippen molar-refractivity contribution in [3.63, 3.8) is 0 Å². The number of piperidine rings is 1. The number of hydrogen-bond acceptors (Lipinski definition) is 3. The third kappa shape index (κ3) is 2.63. The van der Waals surface area contributed by atoms with E-state index in [4.69, 9.17) is 0 Å². The van der Waals surface area contributed by atoms with Crippen LogP contribution < -0.4 is 0 Å². The van der Waals surface area contributed by atoms with Gasteiger partial charge in [-0.2, -0.15) is 0 Å². The summed E-state index contributed by atoms with van der Waals surface area (Å²) < 4.78 is 0. The Bertz CT molecular complexity index is 311. The average Bonchev–Trinajstić information content (AvgIpc) is 2.72. The van der Waals surface area contributed by atoms with Crippen molar-refractivity contribution in [2.24, 2.45) is 5.92 Å². The molecule has 3 aliphatic rings. The summed E-state index contributed by atoms with van der Waals surface area (Å²) in [6.45, 7) is 3.76. The fourth-order valence-electron chi connectivity index (χ4n) is 3.93. The molecule has 0 bridgehead atoms. The number of aliphatic hydroxyl groups excluding tert-OH is 2. The van der Waals surface area contributed by atoms with Crippen LogP contribution in [0.2, 0.25) is 0 Å². The van der Waals surface area contributed by atoms with Crippen LogP contribution in [0, 0.1) is 5.92 Å². The van der Waals surface area contributed by atoms with Gasteiger partial charge in [0, 0.05) is 6.54 Å². The van der Waals surface area contributed by atoms with Crippen LogP contribution in [-0.4, -0.2) is 47.0 Å². The number of likely N-dealkylation sites (tertiary alicyclic amines) is 1. The Morgan fingerprint density at radius 1 is 0.833 bits per heavy atom. The molecule has 1 saturated heterocycles. The zero-order valence-corrected chi connectivity index (χ0v) is 11.1. The SMILES string of the molecule is O[C@@H]1CC2=C(CC(CN3CCCCC3)C2)C[C@@H]1O. The van der Waals surface area contributed by atoms with Crippen LogP contribution in [-0.2, 0) is 0 Å². The maximum absolute atomic E-state index is 9.74. The minimum atomic E-state index is -0.516. The predicted octanol–water partition coefficient (Wildman–Crippen LogP) is 1.69. The van der Waals surface area contributed by atoms with Gasteiger partial charge in [-0.05, 0) is 57.5 Å². The summed E-state index contributed by atoms with van der Waals surface area (Å²) in [5.74, 6) is 0.741. The highest BCUT2D eigenvalue weighted by Crippen LogP contribution is 2.40. The molecule has 18 heavy (non-hydrogen) atoms. The number of nitrogens with zero attached hydrogens (tertiary/aromatic N) is 1. The van der Waals surface area contributed by atoms with Crippen molar-refractivity contribution in [3.8, 4) is 0 Å². The van der Waals surface area contributed by atoms with Crippen LogP contribution in [0.3, 0.4) is 0 Å². The number of rotatable bonds is 2. The molecule has 3 nitrogen and oxygen atoms in total. The van der Waals surface area contributed by atoms with E-state index in [2.05, 4.69) is 4.90 Å². The molecule has 1 unspecified atom stereocenters. The molecular formula is C15H25NO2. The minimum absolute atomic E-state index is 0.516. The van der Waals surface area contributed by atoms with Crippen molar-refractivity contribution < 1.29 is 10.2 Å². The molecule has 2 aliphatic carbocycles. The van der Waals surface area contributed by atoms with Crippen molar-refractivity contribution >= 4 is 0 Å². The van der Waals surface area contributed by atoms with Gasteiger partial charge in [0.05, 0.1) is 12.2 Å². The largest absolute Gasteiger partial charge is 0.390 e. The van der Waals surface area contributed by atoms with Gasteiger partial charge in [-0.15, -0.1) is 0 Å². The van der Waals surface area contributed by atoms with Crippen LogP contribution in [0.4, 0.5) is 0 Å². The summed E-state index contributed by atoms with van der Waals surface area (Å²) in [5, 5.41) is 19.5. The van der Waals surface area contributed by atoms with Gasteiger partial charge in [-0.1, -0.05) is 17.6 Å². The highest BCUT2D eigenvalue weighted by atomic mass is 16.3. The third-order valence-electron chi connectivity index (χ3n) is 4.89. The Balaban J connectivity index is 1.54. The van der Waals surface area contributed by atoms with E-state index >= 15 is 0 Å². The topological polar surface area (TPSA) is 43.7 Å². The number of aliphatic hydroxyl groups is 2. The third-order valence-corrected chi connectivity index (χ3v) is 4.89. The first-order valence-electron chi connectivity index (χ1n) is 7.50. The molecule has 3 heteroatoms. The van der Waals surface area contributed by atoms with Crippen molar-refractivity contribution in [1.82, 2.24) is 4.90 Å². The minimum Gasteiger partial charge on any atom is -0.390 e. The molecule has 2 N–H and O–H groups in total. The van der Waals surface area contributed by atoms with E-state index < -0.39 is 12.2 Å². The molecule has 0 aromatic heterocycles. The standard InChI is InChI=1S/C15H25NO2/c17-14-8-12-6-11(7-13(12)9-15(14)18)10-16-4-2-1-3-5-16/h11,14-15,17-18H,1-10H2/t11?,14-,15+. The lowest BCUT2D eigenvalue weighted by molar-refractivity contribution is 0.0144. The van der Waals surface area contributed by atoms with Crippen molar-refractivity contribution in [2.45, 2.75) is 57.2 Å². The molecule has 0 saturated carbocycles. The monoisotopic (exact) mass is 251 g/mol. The molecule has 1 aliphatic heterocycles. The quantitative estimate of drug-likeness (QED) is 0.734. The van der Waals surface area contributed by atoms with Gasteiger partial charge in [0.25, 0.3) is 0 Å². The Morgan fingerprint density at radius 3 is 1.94 bits per heavy atom. The summed E-state index contributed by atoms with van der Waals surface area (Å²) >= 11 is 0. The second kappa shape index (κ2) is 5.32. The van der Waals surface area contributed by atoms with Gasteiger partial charge in [0.15, 0.2) is 0 Å². The molecular weight excluding hydrogens is 226 g/mol. The molecule has 3 rings (SSSR count). The molecule has 0 aromatic rings. The predicted molar refractivity (Wildman–Crippen MR) is 71.3 cm³/mol. The molecule has 3 atom stereocenters. The van der Waals surface area contributed by atoms with E-state index in [9.17, 15) is 10.2 Å². The van der Waals surface area contributed by atoms with E-state index in [1.165, 1.54) is 50.0 Å². The van der Waals surface area contributed by atoms with E-state index in [1.54, 1.807) is 0 Å². The molecule has 0 radical (unpaired) electrons. The molecule has 0 spiro atoms. The Labute approximate surface area is 109 Å². The lowest BCUT2D eigenvalue weighted by Gasteiger charge is -2.29. The summed E-state index contributed by atoms with van der Waals surface area (Å²) in [6, 6.07) is 0. The molecule has 0 amide bonds. The first-order chi connectivity index (χ1) is 8.72. The normalized spacial score (nSPS) is 38.0. The highest BCUT2D eigenvalue weighted by molar-refractivity contribution is 5.26. The maximum Gasteiger partial charge on any atom is 0.0839 e. The smallest absolute Gasteiger partial charge is 0.0839 e. The van der Waals surface area contributed by atoms with Crippen LogP contribution in [0.25, 0.3) is 0 Å². The fourth-order valence-corrected chi connectivity index (χ4v) is 3.93. The lowest BCUT2D eigenvalue weighted by atomic mass is 9.90. The van der Waals surface area contributed by atoms with Gasteiger partial charge in [-0.3, -0.25) is 0 Å². The Kier molecular flexibility index (Phi) is 3.73. The Hall–Kier alpha value is -0.380. The Morgan fingerprint density at radius 2 is 1.39 bits per heavy atom. The molecule has 0 aromatic carbocycles. The van der Waals surface area contributed by atoms with Crippen LogP contribution in [0.15, 0.2) is 11.1 Å². The number of hydrogen-bond donors (Lipinski definition) is 2. The summed E-state index contributed by atoms with van der Waals surface area (Å²) in [4.78, 5) is 2.61. The summed E-state index contributed by atoms with van der Waals surface area (Å²) in [6.07, 6.45) is 6.84. The van der Waals surface area contributed by atoms with E-state index in [-0.39, 0.29) is 0 Å². The summed E-state index contributed by atoms with van der Waals surface area (Å²) in [7, 11) is 0. The average molecular weight is 251 g/mol. The van der Waals surface area contributed by atoms with E-state index in [0.717, 1.165) is 18.8 Å². The van der Waals surface area contributed by atoms with Crippen molar-refractivity contribution in [1.29, 1.82) is 0 Å². The fraction of sp³-hybridized carbons (Fsp3) is 0.867. The van der Waals surface area contributed by atoms with Crippen LogP contribution in [0.5, 0.6) is 0 Å². The van der Waals surface area contributed by atoms with Gasteiger partial charge >= 0.3 is 0 Å².